The lowest BCUT2D eigenvalue weighted by molar-refractivity contribution is 0.477. The van der Waals surface area contributed by atoms with Gasteiger partial charge in [-0.3, -0.25) is 5.10 Å². The summed E-state index contributed by atoms with van der Waals surface area (Å²) in [6, 6.07) is 5.98. The van der Waals surface area contributed by atoms with Crippen molar-refractivity contribution in [1.29, 1.82) is 0 Å². The molecule has 2 saturated heterocycles. The van der Waals surface area contributed by atoms with Crippen molar-refractivity contribution in [2.45, 2.75) is 12.5 Å². The fourth-order valence-electron chi connectivity index (χ4n) is 3.89. The molecule has 0 spiro atoms. The Morgan fingerprint density at radius 3 is 2.64 bits per heavy atom. The molecule has 3 aromatic rings. The van der Waals surface area contributed by atoms with Gasteiger partial charge in [-0.05, 0) is 36.6 Å². The largest absolute Gasteiger partial charge is 0.507 e. The standard InChI is InChI=1S/C18H19N7O.2ClH/c26-17-5-11(13-6-21-22-7-13)1-2-14(17)15-8-20-18(24-23-15)25-9-12-3-4-19-16(12)10-25;;/h1-2,5-8,12,16,19,26H,3-4,9-10H2,(H,21,22);2*1H. The van der Waals surface area contributed by atoms with Crippen LogP contribution in [0.3, 0.4) is 0 Å². The van der Waals surface area contributed by atoms with Gasteiger partial charge in [0.15, 0.2) is 0 Å². The molecule has 0 bridgehead atoms. The minimum absolute atomic E-state index is 0. The summed E-state index contributed by atoms with van der Waals surface area (Å²) < 4.78 is 0. The maximum absolute atomic E-state index is 10.4. The van der Waals surface area contributed by atoms with Gasteiger partial charge in [0, 0.05) is 36.5 Å². The lowest BCUT2D eigenvalue weighted by atomic mass is 10.0. The number of anilines is 1. The van der Waals surface area contributed by atoms with Gasteiger partial charge in [-0.1, -0.05) is 6.07 Å². The van der Waals surface area contributed by atoms with Crippen LogP contribution < -0.4 is 10.2 Å². The van der Waals surface area contributed by atoms with Crippen LogP contribution in [0, 0.1) is 5.92 Å². The van der Waals surface area contributed by atoms with E-state index in [0.29, 0.717) is 29.2 Å². The fraction of sp³-hybridized carbons (Fsp3) is 0.333. The van der Waals surface area contributed by atoms with E-state index in [-0.39, 0.29) is 30.6 Å². The Morgan fingerprint density at radius 2 is 1.96 bits per heavy atom. The van der Waals surface area contributed by atoms with Gasteiger partial charge in [-0.2, -0.15) is 5.10 Å². The van der Waals surface area contributed by atoms with E-state index in [1.165, 1.54) is 6.42 Å². The van der Waals surface area contributed by atoms with E-state index < -0.39 is 0 Å². The quantitative estimate of drug-likeness (QED) is 0.595. The molecule has 2 fully saturated rings. The Kier molecular flexibility index (Phi) is 6.02. The Labute approximate surface area is 174 Å². The van der Waals surface area contributed by atoms with E-state index in [1.807, 2.05) is 12.1 Å². The first-order valence-electron chi connectivity index (χ1n) is 8.78. The summed E-state index contributed by atoms with van der Waals surface area (Å²) in [7, 11) is 0. The predicted molar refractivity (Wildman–Crippen MR) is 111 cm³/mol. The Bertz CT molecular complexity index is 908. The van der Waals surface area contributed by atoms with E-state index >= 15 is 0 Å². The maximum Gasteiger partial charge on any atom is 0.245 e. The maximum atomic E-state index is 10.4. The van der Waals surface area contributed by atoms with Crippen molar-refractivity contribution >= 4 is 30.8 Å². The Balaban J connectivity index is 0.00000112. The van der Waals surface area contributed by atoms with Crippen LogP contribution in [0.2, 0.25) is 0 Å². The molecule has 5 rings (SSSR count). The first-order valence-corrected chi connectivity index (χ1v) is 8.78. The highest BCUT2D eigenvalue weighted by Gasteiger charge is 2.37. The number of hydrogen-bond acceptors (Lipinski definition) is 7. The number of rotatable bonds is 3. The van der Waals surface area contributed by atoms with Gasteiger partial charge in [-0.15, -0.1) is 35.0 Å². The third kappa shape index (κ3) is 3.63. The lowest BCUT2D eigenvalue weighted by Crippen LogP contribution is -2.31. The summed E-state index contributed by atoms with van der Waals surface area (Å²) in [5.74, 6) is 1.48. The minimum Gasteiger partial charge on any atom is -0.507 e. The first-order chi connectivity index (χ1) is 12.8. The van der Waals surface area contributed by atoms with Crippen molar-refractivity contribution in [2.75, 3.05) is 24.5 Å². The molecule has 4 heterocycles. The zero-order valence-corrected chi connectivity index (χ0v) is 16.6. The summed E-state index contributed by atoms with van der Waals surface area (Å²) in [5, 5.41) is 29.2. The molecule has 2 atom stereocenters. The molecule has 3 N–H and O–H groups in total. The monoisotopic (exact) mass is 421 g/mol. The SMILES string of the molecule is Cl.Cl.Oc1cc(-c2cn[nH]c2)ccc1-c1cnc(N2CC3CCNC3C2)nn1. The molecule has 0 aliphatic carbocycles. The number of aromatic amines is 1. The second kappa shape index (κ2) is 8.30. The van der Waals surface area contributed by atoms with Crippen LogP contribution in [0.25, 0.3) is 22.4 Å². The number of nitrogens with one attached hydrogen (secondary N) is 2. The molecule has 28 heavy (non-hydrogen) atoms. The van der Waals surface area contributed by atoms with E-state index in [1.54, 1.807) is 24.7 Å². The highest BCUT2D eigenvalue weighted by Crippen LogP contribution is 2.32. The molecule has 2 aliphatic heterocycles. The van der Waals surface area contributed by atoms with Crippen molar-refractivity contribution in [3.05, 3.63) is 36.8 Å². The van der Waals surface area contributed by atoms with Crippen LogP contribution in [0.1, 0.15) is 6.42 Å². The number of fused-ring (bicyclic) bond motifs is 1. The molecule has 148 valence electrons. The van der Waals surface area contributed by atoms with Gasteiger partial charge < -0.3 is 15.3 Å². The number of phenols is 1. The van der Waals surface area contributed by atoms with Crippen LogP contribution in [-0.4, -0.2) is 56.2 Å². The number of hydrogen-bond donors (Lipinski definition) is 3. The van der Waals surface area contributed by atoms with Gasteiger partial charge in [0.1, 0.15) is 11.4 Å². The highest BCUT2D eigenvalue weighted by molar-refractivity contribution is 5.85. The van der Waals surface area contributed by atoms with Crippen molar-refractivity contribution in [2.24, 2.45) is 5.92 Å². The molecular formula is C18H21Cl2N7O. The molecule has 2 unspecified atom stereocenters. The number of aromatic nitrogens is 5. The zero-order valence-electron chi connectivity index (χ0n) is 14.9. The van der Waals surface area contributed by atoms with Crippen LogP contribution in [-0.2, 0) is 0 Å². The van der Waals surface area contributed by atoms with Crippen LogP contribution in [0.4, 0.5) is 5.95 Å². The number of halogens is 2. The number of aromatic hydroxyl groups is 1. The van der Waals surface area contributed by atoms with E-state index in [0.717, 1.165) is 30.8 Å². The molecule has 1 aromatic carbocycles. The number of nitrogens with zero attached hydrogens (tertiary/aromatic N) is 5. The molecule has 10 heteroatoms. The summed E-state index contributed by atoms with van der Waals surface area (Å²) in [4.78, 5) is 6.66. The van der Waals surface area contributed by atoms with Gasteiger partial charge in [0.25, 0.3) is 0 Å². The third-order valence-electron chi connectivity index (χ3n) is 5.30. The smallest absolute Gasteiger partial charge is 0.245 e. The minimum atomic E-state index is 0. The van der Waals surface area contributed by atoms with E-state index in [9.17, 15) is 5.11 Å². The molecule has 0 radical (unpaired) electrons. The molecule has 2 aromatic heterocycles. The first kappa shape index (κ1) is 20.3. The van der Waals surface area contributed by atoms with Crippen LogP contribution in [0.15, 0.2) is 36.8 Å². The number of H-pyrrole nitrogens is 1. The van der Waals surface area contributed by atoms with Crippen molar-refractivity contribution in [3.63, 3.8) is 0 Å². The topological polar surface area (TPSA) is 103 Å². The molecule has 0 saturated carbocycles. The van der Waals surface area contributed by atoms with Crippen LogP contribution >= 0.6 is 24.8 Å². The normalized spacial score (nSPS) is 20.4. The lowest BCUT2D eigenvalue weighted by Gasteiger charge is -2.16. The molecule has 0 amide bonds. The summed E-state index contributed by atoms with van der Waals surface area (Å²) >= 11 is 0. The van der Waals surface area contributed by atoms with Crippen molar-refractivity contribution < 1.29 is 5.11 Å². The third-order valence-corrected chi connectivity index (χ3v) is 5.30. The molecular weight excluding hydrogens is 401 g/mol. The van der Waals surface area contributed by atoms with Crippen molar-refractivity contribution in [1.82, 2.24) is 30.7 Å². The van der Waals surface area contributed by atoms with Crippen molar-refractivity contribution in [3.8, 4) is 28.1 Å². The van der Waals surface area contributed by atoms with Gasteiger partial charge in [0.2, 0.25) is 5.95 Å². The average Bonchev–Trinajstić information content (AvgIpc) is 3.39. The summed E-state index contributed by atoms with van der Waals surface area (Å²) in [6.45, 7) is 3.01. The molecule has 2 aliphatic rings. The summed E-state index contributed by atoms with van der Waals surface area (Å²) in [5.41, 5.74) is 2.97. The summed E-state index contributed by atoms with van der Waals surface area (Å²) in [6.07, 6.45) is 6.38. The van der Waals surface area contributed by atoms with Crippen LogP contribution in [0.5, 0.6) is 5.75 Å². The van der Waals surface area contributed by atoms with Gasteiger partial charge in [-0.25, -0.2) is 4.98 Å². The highest BCUT2D eigenvalue weighted by atomic mass is 35.5. The zero-order chi connectivity index (χ0) is 17.5. The second-order valence-electron chi connectivity index (χ2n) is 6.88. The Hall–Kier alpha value is -2.42. The van der Waals surface area contributed by atoms with E-state index in [2.05, 4.69) is 35.6 Å². The number of benzene rings is 1. The Morgan fingerprint density at radius 1 is 1.07 bits per heavy atom. The second-order valence-corrected chi connectivity index (χ2v) is 6.88. The molecule has 8 nitrogen and oxygen atoms in total. The fourth-order valence-corrected chi connectivity index (χ4v) is 3.89. The van der Waals surface area contributed by atoms with Gasteiger partial charge >= 0.3 is 0 Å². The average molecular weight is 422 g/mol. The predicted octanol–water partition coefficient (Wildman–Crippen LogP) is 2.28. The van der Waals surface area contributed by atoms with Gasteiger partial charge in [0.05, 0.1) is 12.4 Å². The van der Waals surface area contributed by atoms with E-state index in [4.69, 9.17) is 0 Å². The number of phenolic OH excluding ortho intramolecular Hbond substituents is 1.